The van der Waals surface area contributed by atoms with Gasteiger partial charge in [-0.2, -0.15) is 4.31 Å². The van der Waals surface area contributed by atoms with Crippen LogP contribution in [0, 0.1) is 5.82 Å². The minimum Gasteiger partial charge on any atom is -0.493 e. The smallest absolute Gasteiger partial charge is 0.211 e. The zero-order valence-corrected chi connectivity index (χ0v) is 19.1. The minimum absolute atomic E-state index is 0.00761. The van der Waals surface area contributed by atoms with Crippen molar-refractivity contribution in [2.24, 2.45) is 0 Å². The maximum absolute atomic E-state index is 14.4. The van der Waals surface area contributed by atoms with Crippen molar-refractivity contribution in [1.29, 1.82) is 0 Å². The lowest BCUT2D eigenvalue weighted by atomic mass is 10.1. The van der Waals surface area contributed by atoms with Gasteiger partial charge in [-0.25, -0.2) is 22.8 Å². The molecular formula is C21H22ClFN4O4S. The van der Waals surface area contributed by atoms with E-state index in [1.807, 2.05) is 0 Å². The number of benzene rings is 2. The maximum atomic E-state index is 14.4. The molecule has 0 bridgehead atoms. The van der Waals surface area contributed by atoms with E-state index in [1.54, 1.807) is 24.3 Å². The van der Waals surface area contributed by atoms with Crippen molar-refractivity contribution in [3.8, 4) is 11.5 Å². The number of halogens is 2. The summed E-state index contributed by atoms with van der Waals surface area (Å²) in [7, 11) is -1.79. The number of hydrogen-bond donors (Lipinski definition) is 1. The van der Waals surface area contributed by atoms with Crippen LogP contribution in [0.3, 0.4) is 0 Å². The fourth-order valence-corrected chi connectivity index (χ4v) is 4.70. The Kier molecular flexibility index (Phi) is 6.36. The van der Waals surface area contributed by atoms with Crippen LogP contribution in [-0.4, -0.2) is 55.3 Å². The first kappa shape index (κ1) is 22.5. The van der Waals surface area contributed by atoms with Gasteiger partial charge < -0.3 is 14.8 Å². The van der Waals surface area contributed by atoms with E-state index in [0.717, 1.165) is 0 Å². The summed E-state index contributed by atoms with van der Waals surface area (Å²) < 4.78 is 51.3. The quantitative estimate of drug-likeness (QED) is 0.570. The van der Waals surface area contributed by atoms with Crippen molar-refractivity contribution in [1.82, 2.24) is 14.3 Å². The molecule has 1 aliphatic rings. The van der Waals surface area contributed by atoms with Gasteiger partial charge in [-0.15, -0.1) is 0 Å². The van der Waals surface area contributed by atoms with Gasteiger partial charge in [0, 0.05) is 18.0 Å². The lowest BCUT2D eigenvalue weighted by molar-refractivity contribution is 0.126. The molecule has 2 aromatic carbocycles. The molecule has 0 saturated carbocycles. The summed E-state index contributed by atoms with van der Waals surface area (Å²) in [6, 6.07) is 8.05. The molecular weight excluding hydrogens is 459 g/mol. The van der Waals surface area contributed by atoms with Crippen LogP contribution in [0.2, 0.25) is 5.02 Å². The molecule has 1 atom stereocenters. The van der Waals surface area contributed by atoms with Crippen LogP contribution in [-0.2, 0) is 10.0 Å². The van der Waals surface area contributed by atoms with E-state index in [2.05, 4.69) is 15.3 Å². The number of aromatic nitrogens is 2. The predicted molar refractivity (Wildman–Crippen MR) is 121 cm³/mol. The Bertz CT molecular complexity index is 1260. The molecule has 170 valence electrons. The minimum atomic E-state index is -3.30. The van der Waals surface area contributed by atoms with Crippen LogP contribution in [0.4, 0.5) is 15.9 Å². The van der Waals surface area contributed by atoms with Crippen LogP contribution < -0.4 is 14.8 Å². The molecule has 3 aromatic rings. The van der Waals surface area contributed by atoms with Crippen molar-refractivity contribution < 1.29 is 22.3 Å². The number of nitrogens with zero attached hydrogens (tertiary/aromatic N) is 3. The highest BCUT2D eigenvalue weighted by molar-refractivity contribution is 7.88. The Morgan fingerprint density at radius 2 is 2.06 bits per heavy atom. The third-order valence-electron chi connectivity index (χ3n) is 5.23. The normalized spacial score (nSPS) is 17.3. The van der Waals surface area contributed by atoms with Gasteiger partial charge in [-0.05, 0) is 31.0 Å². The van der Waals surface area contributed by atoms with Gasteiger partial charge in [0.15, 0.2) is 17.3 Å². The Morgan fingerprint density at radius 3 is 2.81 bits per heavy atom. The Morgan fingerprint density at radius 1 is 1.25 bits per heavy atom. The van der Waals surface area contributed by atoms with E-state index >= 15 is 0 Å². The average molecular weight is 481 g/mol. The fraction of sp³-hybridized carbons (Fsp3) is 0.333. The molecule has 2 heterocycles. The molecule has 0 spiro atoms. The van der Waals surface area contributed by atoms with Crippen molar-refractivity contribution >= 4 is 44.0 Å². The van der Waals surface area contributed by atoms with Gasteiger partial charge in [-0.3, -0.25) is 0 Å². The summed E-state index contributed by atoms with van der Waals surface area (Å²) in [5, 5.41) is 3.53. The number of piperidine rings is 1. The molecule has 1 N–H and O–H groups in total. The van der Waals surface area contributed by atoms with Crippen molar-refractivity contribution in [3.63, 3.8) is 0 Å². The summed E-state index contributed by atoms with van der Waals surface area (Å²) in [4.78, 5) is 8.52. The van der Waals surface area contributed by atoms with Crippen LogP contribution >= 0.6 is 11.6 Å². The second kappa shape index (κ2) is 9.05. The molecule has 0 amide bonds. The van der Waals surface area contributed by atoms with Crippen LogP contribution in [0.25, 0.3) is 10.9 Å². The number of hydrogen-bond acceptors (Lipinski definition) is 7. The molecule has 11 heteroatoms. The number of sulfonamides is 1. The summed E-state index contributed by atoms with van der Waals surface area (Å²) in [5.41, 5.74) is 0.738. The topological polar surface area (TPSA) is 93.7 Å². The third-order valence-corrected chi connectivity index (χ3v) is 6.79. The van der Waals surface area contributed by atoms with E-state index in [1.165, 1.54) is 30.1 Å². The van der Waals surface area contributed by atoms with Gasteiger partial charge in [0.25, 0.3) is 0 Å². The van der Waals surface area contributed by atoms with Gasteiger partial charge >= 0.3 is 0 Å². The fourth-order valence-electron chi connectivity index (χ4n) is 3.63. The SMILES string of the molecule is COc1cc2ncnc(Nc3cccc(Cl)c3F)c2cc1OC1CCCN(S(C)(=O)=O)C1. The lowest BCUT2D eigenvalue weighted by Gasteiger charge is -2.31. The van der Waals surface area contributed by atoms with Crippen LogP contribution in [0.5, 0.6) is 11.5 Å². The van der Waals surface area contributed by atoms with E-state index in [0.29, 0.717) is 47.6 Å². The molecule has 8 nitrogen and oxygen atoms in total. The number of rotatable bonds is 6. The highest BCUT2D eigenvalue weighted by Gasteiger charge is 2.28. The number of methoxy groups -OCH3 is 1. The summed E-state index contributed by atoms with van der Waals surface area (Å²) in [6.07, 6.45) is 3.61. The van der Waals surface area contributed by atoms with E-state index < -0.39 is 15.8 Å². The Labute approximate surface area is 190 Å². The molecule has 0 aliphatic carbocycles. The van der Waals surface area contributed by atoms with Gasteiger partial charge in [0.2, 0.25) is 10.0 Å². The average Bonchev–Trinajstić information content (AvgIpc) is 2.76. The maximum Gasteiger partial charge on any atom is 0.211 e. The summed E-state index contributed by atoms with van der Waals surface area (Å²) >= 11 is 5.88. The lowest BCUT2D eigenvalue weighted by Crippen LogP contribution is -2.43. The highest BCUT2D eigenvalue weighted by atomic mass is 35.5. The first-order valence-corrected chi connectivity index (χ1v) is 12.1. The molecule has 4 rings (SSSR count). The van der Waals surface area contributed by atoms with E-state index in [9.17, 15) is 12.8 Å². The first-order valence-electron chi connectivity index (χ1n) is 9.92. The number of ether oxygens (including phenoxy) is 2. The predicted octanol–water partition coefficient (Wildman–Crippen LogP) is 3.98. The van der Waals surface area contributed by atoms with Crippen LogP contribution in [0.1, 0.15) is 12.8 Å². The summed E-state index contributed by atoms with van der Waals surface area (Å²) in [5.74, 6) is 0.649. The largest absolute Gasteiger partial charge is 0.493 e. The summed E-state index contributed by atoms with van der Waals surface area (Å²) in [6.45, 7) is 0.727. The van der Waals surface area contributed by atoms with E-state index in [-0.39, 0.29) is 23.4 Å². The van der Waals surface area contributed by atoms with Gasteiger partial charge in [0.05, 0.1) is 36.1 Å². The molecule has 1 fully saturated rings. The number of nitrogens with one attached hydrogen (secondary N) is 1. The standard InChI is InChI=1S/C21H22ClFN4O4S/c1-30-18-10-17-14(9-19(18)31-13-5-4-8-27(11-13)32(2,28)29)21(25-12-24-17)26-16-7-3-6-15(22)20(16)23/h3,6-7,9-10,12-13H,4-5,8,11H2,1-2H3,(H,24,25,26). The van der Waals surface area contributed by atoms with Crippen molar-refractivity contribution in [3.05, 3.63) is 47.5 Å². The Hall–Kier alpha value is -2.69. The highest BCUT2D eigenvalue weighted by Crippen LogP contribution is 2.36. The first-order chi connectivity index (χ1) is 15.3. The molecule has 1 aliphatic heterocycles. The molecule has 1 unspecified atom stereocenters. The second-order valence-electron chi connectivity index (χ2n) is 7.47. The zero-order chi connectivity index (χ0) is 22.9. The van der Waals surface area contributed by atoms with Gasteiger partial charge in [0.1, 0.15) is 18.2 Å². The van der Waals surface area contributed by atoms with E-state index in [4.69, 9.17) is 21.1 Å². The number of anilines is 2. The monoisotopic (exact) mass is 480 g/mol. The molecule has 0 radical (unpaired) electrons. The van der Waals surface area contributed by atoms with Crippen LogP contribution in [0.15, 0.2) is 36.7 Å². The molecule has 1 aromatic heterocycles. The molecule has 32 heavy (non-hydrogen) atoms. The molecule has 1 saturated heterocycles. The number of fused-ring (bicyclic) bond motifs is 1. The third kappa shape index (κ3) is 4.72. The van der Waals surface area contributed by atoms with Crippen molar-refractivity contribution in [2.45, 2.75) is 18.9 Å². The Balaban J connectivity index is 1.69. The second-order valence-corrected chi connectivity index (χ2v) is 9.86. The van der Waals surface area contributed by atoms with Gasteiger partial charge in [-0.1, -0.05) is 17.7 Å². The zero-order valence-electron chi connectivity index (χ0n) is 17.5. The van der Waals surface area contributed by atoms with Crippen molar-refractivity contribution in [2.75, 3.05) is 31.8 Å².